The van der Waals surface area contributed by atoms with E-state index < -0.39 is 0 Å². The molecule has 22 heavy (non-hydrogen) atoms. The molecule has 1 heterocycles. The third-order valence-corrected chi connectivity index (χ3v) is 3.93. The molecule has 2 rings (SSSR count). The van der Waals surface area contributed by atoms with Crippen molar-refractivity contribution >= 4 is 47.0 Å². The second-order valence-corrected chi connectivity index (χ2v) is 5.73. The molecule has 120 valence electrons. The summed E-state index contributed by atoms with van der Waals surface area (Å²) in [5, 5.41) is 6.01. The van der Waals surface area contributed by atoms with E-state index in [2.05, 4.69) is 41.3 Å². The first-order valence-corrected chi connectivity index (χ1v) is 7.53. The number of methoxy groups -OCH3 is 1. The lowest BCUT2D eigenvalue weighted by Crippen LogP contribution is -2.22. The van der Waals surface area contributed by atoms with Gasteiger partial charge in [-0.1, -0.05) is 6.07 Å². The predicted octanol–water partition coefficient (Wildman–Crippen LogP) is 3.45. The first-order valence-electron chi connectivity index (χ1n) is 6.65. The molecule has 0 saturated carbocycles. The third kappa shape index (κ3) is 5.54. The van der Waals surface area contributed by atoms with Gasteiger partial charge in [-0.25, -0.2) is 9.98 Å². The summed E-state index contributed by atoms with van der Waals surface area (Å²) in [6.45, 7) is 5.14. The lowest BCUT2D eigenvalue weighted by molar-refractivity contribution is 0.184. The van der Waals surface area contributed by atoms with Crippen LogP contribution < -0.4 is 11.1 Å². The third-order valence-electron chi connectivity index (χ3n) is 3.06. The summed E-state index contributed by atoms with van der Waals surface area (Å²) in [6.07, 6.45) is 0. The quantitative estimate of drug-likeness (QED) is 0.431. The van der Waals surface area contributed by atoms with Gasteiger partial charge in [0.05, 0.1) is 18.8 Å². The summed E-state index contributed by atoms with van der Waals surface area (Å²) in [5.41, 5.74) is 10.2. The zero-order valence-electron chi connectivity index (χ0n) is 12.9. The summed E-state index contributed by atoms with van der Waals surface area (Å²) in [4.78, 5) is 8.71. The van der Waals surface area contributed by atoms with Crippen LogP contribution in [0.5, 0.6) is 0 Å². The second kappa shape index (κ2) is 9.06. The van der Waals surface area contributed by atoms with Crippen molar-refractivity contribution in [2.75, 3.05) is 12.4 Å². The first-order chi connectivity index (χ1) is 10.1. The standard InChI is InChI=1S/C15H20N4OS.HI/c1-10-4-5-12(6-11(10)2)19-15(16)17-7-13-9-21-14(18-13)8-20-3;/h4-6,9H,7-8H2,1-3H3,(H3,16,17,19);1H. The summed E-state index contributed by atoms with van der Waals surface area (Å²) in [6, 6.07) is 6.10. The number of hydrogen-bond acceptors (Lipinski definition) is 4. The van der Waals surface area contributed by atoms with Crippen LogP contribution in [0.4, 0.5) is 5.69 Å². The van der Waals surface area contributed by atoms with Gasteiger partial charge in [-0.2, -0.15) is 0 Å². The van der Waals surface area contributed by atoms with Crippen LogP contribution in [-0.4, -0.2) is 18.1 Å². The number of anilines is 1. The SMILES string of the molecule is COCc1nc(CN=C(N)Nc2ccc(C)c(C)c2)cs1.I. The number of guanidine groups is 1. The highest BCUT2D eigenvalue weighted by Gasteiger charge is 2.02. The van der Waals surface area contributed by atoms with Crippen LogP contribution in [0.1, 0.15) is 21.8 Å². The Bertz CT molecular complexity index is 642. The Kier molecular flexibility index (Phi) is 7.77. The van der Waals surface area contributed by atoms with E-state index in [-0.39, 0.29) is 24.0 Å². The Hall–Kier alpha value is -1.19. The van der Waals surface area contributed by atoms with Crippen LogP contribution in [0.3, 0.4) is 0 Å². The van der Waals surface area contributed by atoms with Crippen LogP contribution in [0.2, 0.25) is 0 Å². The molecule has 0 atom stereocenters. The molecular weight excluding hydrogens is 411 g/mol. The topological polar surface area (TPSA) is 72.5 Å². The number of aryl methyl sites for hydroxylation is 2. The number of halogens is 1. The summed E-state index contributed by atoms with van der Waals surface area (Å²) >= 11 is 1.57. The number of hydrogen-bond donors (Lipinski definition) is 2. The molecule has 0 radical (unpaired) electrons. The number of aromatic nitrogens is 1. The number of nitrogens with one attached hydrogen (secondary N) is 1. The fraction of sp³-hybridized carbons (Fsp3) is 0.333. The minimum Gasteiger partial charge on any atom is -0.378 e. The molecule has 7 heteroatoms. The highest BCUT2D eigenvalue weighted by molar-refractivity contribution is 14.0. The second-order valence-electron chi connectivity index (χ2n) is 4.79. The van der Waals surface area contributed by atoms with E-state index in [4.69, 9.17) is 10.5 Å². The smallest absolute Gasteiger partial charge is 0.193 e. The number of aliphatic imine (C=N–C) groups is 1. The molecular formula is C15H21IN4OS. The van der Waals surface area contributed by atoms with E-state index in [1.54, 1.807) is 18.4 Å². The molecule has 1 aromatic carbocycles. The van der Waals surface area contributed by atoms with Crippen LogP contribution in [0.25, 0.3) is 0 Å². The van der Waals surface area contributed by atoms with Crippen LogP contribution in [-0.2, 0) is 17.9 Å². The molecule has 3 N–H and O–H groups in total. The molecule has 1 aromatic heterocycles. The van der Waals surface area contributed by atoms with Gasteiger partial charge in [-0.15, -0.1) is 35.3 Å². The Labute approximate surface area is 152 Å². The van der Waals surface area contributed by atoms with Crippen molar-refractivity contribution in [1.29, 1.82) is 0 Å². The van der Waals surface area contributed by atoms with Crippen molar-refractivity contribution in [1.82, 2.24) is 4.98 Å². The molecule has 2 aromatic rings. The summed E-state index contributed by atoms with van der Waals surface area (Å²) in [7, 11) is 1.66. The van der Waals surface area contributed by atoms with Gasteiger partial charge in [-0.05, 0) is 37.1 Å². The molecule has 0 aliphatic rings. The van der Waals surface area contributed by atoms with Gasteiger partial charge >= 0.3 is 0 Å². The molecule has 0 aliphatic heterocycles. The van der Waals surface area contributed by atoms with Gasteiger partial charge in [0, 0.05) is 18.2 Å². The van der Waals surface area contributed by atoms with Gasteiger partial charge in [0.2, 0.25) is 0 Å². The van der Waals surface area contributed by atoms with Gasteiger partial charge in [0.15, 0.2) is 5.96 Å². The maximum absolute atomic E-state index is 5.90. The monoisotopic (exact) mass is 432 g/mol. The molecule has 5 nitrogen and oxygen atoms in total. The number of benzene rings is 1. The Morgan fingerprint density at radius 1 is 1.36 bits per heavy atom. The van der Waals surface area contributed by atoms with Crippen LogP contribution >= 0.6 is 35.3 Å². The van der Waals surface area contributed by atoms with E-state index in [1.165, 1.54) is 11.1 Å². The van der Waals surface area contributed by atoms with E-state index in [0.717, 1.165) is 16.4 Å². The molecule has 0 fully saturated rings. The highest BCUT2D eigenvalue weighted by Crippen LogP contribution is 2.14. The molecule has 0 saturated heterocycles. The molecule has 0 unspecified atom stereocenters. The average molecular weight is 432 g/mol. The van der Waals surface area contributed by atoms with Crippen LogP contribution in [0.15, 0.2) is 28.6 Å². The van der Waals surface area contributed by atoms with Crippen LogP contribution in [0, 0.1) is 13.8 Å². The van der Waals surface area contributed by atoms with E-state index in [1.807, 2.05) is 11.4 Å². The Balaban J connectivity index is 0.00000242. The molecule has 0 bridgehead atoms. The van der Waals surface area contributed by atoms with E-state index in [0.29, 0.717) is 19.1 Å². The normalized spacial score (nSPS) is 11.1. The summed E-state index contributed by atoms with van der Waals surface area (Å²) in [5.74, 6) is 0.388. The minimum absolute atomic E-state index is 0. The lowest BCUT2D eigenvalue weighted by atomic mass is 10.1. The number of ether oxygens (including phenoxy) is 1. The molecule has 0 spiro atoms. The molecule has 0 amide bonds. The van der Waals surface area contributed by atoms with Gasteiger partial charge in [0.1, 0.15) is 5.01 Å². The Morgan fingerprint density at radius 3 is 2.82 bits per heavy atom. The number of nitrogens with two attached hydrogens (primary N) is 1. The van der Waals surface area contributed by atoms with Crippen molar-refractivity contribution in [3.8, 4) is 0 Å². The van der Waals surface area contributed by atoms with Gasteiger partial charge in [-0.3, -0.25) is 0 Å². The number of thiazole rings is 1. The van der Waals surface area contributed by atoms with Gasteiger partial charge in [0.25, 0.3) is 0 Å². The van der Waals surface area contributed by atoms with Crippen molar-refractivity contribution < 1.29 is 4.74 Å². The maximum atomic E-state index is 5.90. The highest BCUT2D eigenvalue weighted by atomic mass is 127. The molecule has 0 aliphatic carbocycles. The summed E-state index contributed by atoms with van der Waals surface area (Å²) < 4.78 is 5.04. The van der Waals surface area contributed by atoms with E-state index in [9.17, 15) is 0 Å². The van der Waals surface area contributed by atoms with Crippen molar-refractivity contribution in [3.63, 3.8) is 0 Å². The average Bonchev–Trinajstić information content (AvgIpc) is 2.89. The van der Waals surface area contributed by atoms with Gasteiger partial charge < -0.3 is 15.8 Å². The zero-order chi connectivity index (χ0) is 15.2. The Morgan fingerprint density at radius 2 is 2.14 bits per heavy atom. The zero-order valence-corrected chi connectivity index (χ0v) is 16.1. The van der Waals surface area contributed by atoms with Crippen molar-refractivity contribution in [2.24, 2.45) is 10.7 Å². The fourth-order valence-electron chi connectivity index (χ4n) is 1.78. The number of nitrogens with zero attached hydrogens (tertiary/aromatic N) is 2. The largest absolute Gasteiger partial charge is 0.378 e. The predicted molar refractivity (Wildman–Crippen MR) is 103 cm³/mol. The first kappa shape index (κ1) is 18.9. The maximum Gasteiger partial charge on any atom is 0.193 e. The lowest BCUT2D eigenvalue weighted by Gasteiger charge is -2.07. The van der Waals surface area contributed by atoms with Crippen molar-refractivity contribution in [2.45, 2.75) is 27.0 Å². The number of rotatable bonds is 5. The van der Waals surface area contributed by atoms with Crippen molar-refractivity contribution in [3.05, 3.63) is 45.4 Å². The fourth-order valence-corrected chi connectivity index (χ4v) is 2.54. The minimum atomic E-state index is 0. The van der Waals surface area contributed by atoms with E-state index >= 15 is 0 Å².